The third-order valence-electron chi connectivity index (χ3n) is 2.95. The number of hydrogen-bond donors (Lipinski definition) is 1. The van der Waals surface area contributed by atoms with Crippen molar-refractivity contribution in [1.29, 1.82) is 0 Å². The van der Waals surface area contributed by atoms with Crippen LogP contribution in [0.2, 0.25) is 0 Å². The van der Waals surface area contributed by atoms with Gasteiger partial charge in [-0.2, -0.15) is 0 Å². The van der Waals surface area contributed by atoms with Gasteiger partial charge in [0, 0.05) is 18.4 Å². The molecule has 0 unspecified atom stereocenters. The molecule has 1 aromatic rings. The molecule has 1 aromatic carbocycles. The molecule has 0 aliphatic carbocycles. The van der Waals surface area contributed by atoms with Crippen LogP contribution in [0.4, 0.5) is 5.69 Å². The van der Waals surface area contributed by atoms with E-state index in [0.29, 0.717) is 30.4 Å². The van der Waals surface area contributed by atoms with Gasteiger partial charge in [0.25, 0.3) is 5.91 Å². The second-order valence-electron chi connectivity index (χ2n) is 4.29. The lowest BCUT2D eigenvalue weighted by molar-refractivity contribution is -0.124. The Morgan fingerprint density at radius 2 is 2.32 bits per heavy atom. The normalized spacial score (nSPS) is 18.1. The van der Waals surface area contributed by atoms with Gasteiger partial charge in [0.1, 0.15) is 6.10 Å². The number of carbonyl (C=O) groups excluding carboxylic acids is 1. The number of amides is 1. The fourth-order valence-corrected chi connectivity index (χ4v) is 2.03. The number of methoxy groups -OCH3 is 1. The summed E-state index contributed by atoms with van der Waals surface area (Å²) >= 11 is 0. The molecule has 0 spiro atoms. The summed E-state index contributed by atoms with van der Waals surface area (Å²) < 4.78 is 16.0. The van der Waals surface area contributed by atoms with E-state index in [9.17, 15) is 4.79 Å². The monoisotopic (exact) mass is 265 g/mol. The predicted octanol–water partition coefficient (Wildman–Crippen LogP) is 2.21. The first-order valence-corrected chi connectivity index (χ1v) is 6.48. The largest absolute Gasteiger partial charge is 0.493 e. The summed E-state index contributed by atoms with van der Waals surface area (Å²) in [7, 11) is 1.57. The first-order chi connectivity index (χ1) is 9.24. The standard InChI is InChI=1S/C14H19NO4/c1-3-18-11-7-6-10(9-13(11)17-2)15-14(16)12-5-4-8-19-12/h6-7,9,12H,3-5,8H2,1-2H3,(H,15,16)/t12-/m1/s1. The molecule has 1 aliphatic rings. The van der Waals surface area contributed by atoms with Crippen LogP contribution in [-0.2, 0) is 9.53 Å². The van der Waals surface area contributed by atoms with Crippen molar-refractivity contribution in [2.45, 2.75) is 25.9 Å². The van der Waals surface area contributed by atoms with Gasteiger partial charge in [-0.05, 0) is 31.9 Å². The predicted molar refractivity (Wildman–Crippen MR) is 71.8 cm³/mol. The van der Waals surface area contributed by atoms with Crippen molar-refractivity contribution in [3.05, 3.63) is 18.2 Å². The summed E-state index contributed by atoms with van der Waals surface area (Å²) in [6.45, 7) is 3.13. The molecular weight excluding hydrogens is 246 g/mol. The molecule has 1 amide bonds. The third-order valence-corrected chi connectivity index (χ3v) is 2.95. The van der Waals surface area contributed by atoms with Crippen LogP contribution in [-0.4, -0.2) is 32.3 Å². The van der Waals surface area contributed by atoms with E-state index >= 15 is 0 Å². The van der Waals surface area contributed by atoms with E-state index in [-0.39, 0.29) is 12.0 Å². The van der Waals surface area contributed by atoms with Crippen molar-refractivity contribution >= 4 is 11.6 Å². The molecule has 0 radical (unpaired) electrons. The highest BCUT2D eigenvalue weighted by molar-refractivity contribution is 5.94. The first-order valence-electron chi connectivity index (χ1n) is 6.48. The Morgan fingerprint density at radius 3 is 2.95 bits per heavy atom. The second kappa shape index (κ2) is 6.43. The zero-order valence-corrected chi connectivity index (χ0v) is 11.3. The van der Waals surface area contributed by atoms with Crippen LogP contribution < -0.4 is 14.8 Å². The van der Waals surface area contributed by atoms with Gasteiger partial charge in [-0.25, -0.2) is 0 Å². The van der Waals surface area contributed by atoms with E-state index in [2.05, 4.69) is 5.32 Å². The van der Waals surface area contributed by atoms with Crippen LogP contribution in [0, 0.1) is 0 Å². The van der Waals surface area contributed by atoms with E-state index in [1.807, 2.05) is 6.92 Å². The molecule has 1 atom stereocenters. The second-order valence-corrected chi connectivity index (χ2v) is 4.29. The molecule has 5 nitrogen and oxygen atoms in total. The van der Waals surface area contributed by atoms with Gasteiger partial charge in [-0.15, -0.1) is 0 Å². The van der Waals surface area contributed by atoms with Crippen LogP contribution in [0.3, 0.4) is 0 Å². The molecule has 1 fully saturated rings. The summed E-state index contributed by atoms with van der Waals surface area (Å²) in [5.74, 6) is 1.16. The van der Waals surface area contributed by atoms with Crippen molar-refractivity contribution in [2.24, 2.45) is 0 Å². The van der Waals surface area contributed by atoms with Crippen molar-refractivity contribution in [3.63, 3.8) is 0 Å². The van der Waals surface area contributed by atoms with Crippen molar-refractivity contribution in [1.82, 2.24) is 0 Å². The Hall–Kier alpha value is -1.75. The minimum Gasteiger partial charge on any atom is -0.493 e. The summed E-state index contributed by atoms with van der Waals surface area (Å²) in [6.07, 6.45) is 1.38. The zero-order chi connectivity index (χ0) is 13.7. The van der Waals surface area contributed by atoms with E-state index < -0.39 is 0 Å². The molecule has 19 heavy (non-hydrogen) atoms. The van der Waals surface area contributed by atoms with E-state index in [0.717, 1.165) is 12.8 Å². The average Bonchev–Trinajstić information content (AvgIpc) is 2.94. The summed E-state index contributed by atoms with van der Waals surface area (Å²) in [4.78, 5) is 11.9. The molecule has 1 saturated heterocycles. The molecule has 1 aliphatic heterocycles. The zero-order valence-electron chi connectivity index (χ0n) is 11.3. The van der Waals surface area contributed by atoms with Gasteiger partial charge in [0.05, 0.1) is 13.7 Å². The van der Waals surface area contributed by atoms with Crippen molar-refractivity contribution < 1.29 is 19.0 Å². The third kappa shape index (κ3) is 3.38. The number of rotatable bonds is 5. The molecule has 2 rings (SSSR count). The van der Waals surface area contributed by atoms with Gasteiger partial charge in [0.15, 0.2) is 11.5 Å². The number of nitrogens with one attached hydrogen (secondary N) is 1. The summed E-state index contributed by atoms with van der Waals surface area (Å²) in [6, 6.07) is 5.33. The van der Waals surface area contributed by atoms with Gasteiger partial charge in [-0.3, -0.25) is 4.79 Å². The topological polar surface area (TPSA) is 56.8 Å². The lowest BCUT2D eigenvalue weighted by atomic mass is 10.2. The van der Waals surface area contributed by atoms with Crippen LogP contribution in [0.5, 0.6) is 11.5 Å². The molecule has 5 heteroatoms. The highest BCUT2D eigenvalue weighted by atomic mass is 16.5. The maximum absolute atomic E-state index is 11.9. The van der Waals surface area contributed by atoms with E-state index in [1.54, 1.807) is 25.3 Å². The van der Waals surface area contributed by atoms with Gasteiger partial charge < -0.3 is 19.5 Å². The van der Waals surface area contributed by atoms with Crippen LogP contribution in [0.1, 0.15) is 19.8 Å². The highest BCUT2D eigenvalue weighted by Crippen LogP contribution is 2.30. The van der Waals surface area contributed by atoms with Gasteiger partial charge in [0.2, 0.25) is 0 Å². The van der Waals surface area contributed by atoms with Crippen LogP contribution >= 0.6 is 0 Å². The number of hydrogen-bond acceptors (Lipinski definition) is 4. The lowest BCUT2D eigenvalue weighted by Gasteiger charge is -2.13. The minimum atomic E-state index is -0.336. The molecule has 104 valence electrons. The van der Waals surface area contributed by atoms with Gasteiger partial charge >= 0.3 is 0 Å². The van der Waals surface area contributed by atoms with E-state index in [1.165, 1.54) is 0 Å². The Morgan fingerprint density at radius 1 is 1.47 bits per heavy atom. The molecule has 1 heterocycles. The van der Waals surface area contributed by atoms with Gasteiger partial charge in [-0.1, -0.05) is 0 Å². The number of ether oxygens (including phenoxy) is 3. The SMILES string of the molecule is CCOc1ccc(NC(=O)[C@H]2CCCO2)cc1OC. The van der Waals surface area contributed by atoms with Crippen LogP contribution in [0.25, 0.3) is 0 Å². The van der Waals surface area contributed by atoms with E-state index in [4.69, 9.17) is 14.2 Å². The highest BCUT2D eigenvalue weighted by Gasteiger charge is 2.23. The number of benzene rings is 1. The number of anilines is 1. The quantitative estimate of drug-likeness (QED) is 0.886. The molecule has 0 bridgehead atoms. The minimum absolute atomic E-state index is 0.108. The van der Waals surface area contributed by atoms with Crippen molar-refractivity contribution in [2.75, 3.05) is 25.6 Å². The average molecular weight is 265 g/mol. The maximum Gasteiger partial charge on any atom is 0.253 e. The Labute approximate surface area is 112 Å². The Balaban J connectivity index is 2.05. The number of carbonyl (C=O) groups is 1. The smallest absolute Gasteiger partial charge is 0.253 e. The fraction of sp³-hybridized carbons (Fsp3) is 0.500. The molecular formula is C14H19NO4. The molecule has 1 N–H and O–H groups in total. The molecule has 0 saturated carbocycles. The van der Waals surface area contributed by atoms with Crippen molar-refractivity contribution in [3.8, 4) is 11.5 Å². The fourth-order valence-electron chi connectivity index (χ4n) is 2.03. The summed E-state index contributed by atoms with van der Waals surface area (Å²) in [5.41, 5.74) is 0.681. The Kier molecular flexibility index (Phi) is 4.63. The van der Waals surface area contributed by atoms with Crippen LogP contribution in [0.15, 0.2) is 18.2 Å². The molecule has 0 aromatic heterocycles. The Bertz CT molecular complexity index is 441. The summed E-state index contributed by atoms with van der Waals surface area (Å²) in [5, 5.41) is 2.83. The lowest BCUT2D eigenvalue weighted by Crippen LogP contribution is -2.26. The first kappa shape index (κ1) is 13.7. The maximum atomic E-state index is 11.9.